The number of pyridine rings is 1. The van der Waals surface area contributed by atoms with Crippen LogP contribution in [-0.2, 0) is 9.53 Å². The highest BCUT2D eigenvalue weighted by molar-refractivity contribution is 6.30. The second-order valence-electron chi connectivity index (χ2n) is 5.80. The molecule has 23 heavy (non-hydrogen) atoms. The average Bonchev–Trinajstić information content (AvgIpc) is 2.33. The fourth-order valence-corrected chi connectivity index (χ4v) is 1.79. The number of carbonyl (C=O) groups is 1. The smallest absolute Gasteiger partial charge is 0.405 e. The van der Waals surface area contributed by atoms with Crippen LogP contribution in [0.4, 0.5) is 19.0 Å². The number of carbonyl (C=O) groups excluding carboxylic acids is 1. The maximum atomic E-state index is 12.3. The molecule has 9 heteroatoms. The molecule has 0 atom stereocenters. The van der Waals surface area contributed by atoms with Gasteiger partial charge in [0, 0.05) is 7.05 Å². The Balaban J connectivity index is 2.68. The molecule has 1 heterocycles. The van der Waals surface area contributed by atoms with E-state index in [1.54, 1.807) is 20.8 Å². The van der Waals surface area contributed by atoms with Gasteiger partial charge in [0.05, 0.1) is 0 Å². The zero-order valence-corrected chi connectivity index (χ0v) is 14.0. The van der Waals surface area contributed by atoms with Gasteiger partial charge in [0.25, 0.3) is 0 Å². The number of ether oxygens (including phenoxy) is 2. The zero-order chi connectivity index (χ0) is 17.8. The lowest BCUT2D eigenvalue weighted by atomic mass is 10.2. The third-order valence-electron chi connectivity index (χ3n) is 2.37. The molecule has 0 unspecified atom stereocenters. The van der Waals surface area contributed by atoms with Gasteiger partial charge in [0.1, 0.15) is 18.0 Å². The van der Waals surface area contributed by atoms with E-state index in [1.165, 1.54) is 19.2 Å². The zero-order valence-electron chi connectivity index (χ0n) is 13.2. The van der Waals surface area contributed by atoms with Gasteiger partial charge < -0.3 is 14.4 Å². The standard InChI is InChI=1S/C14H18ClF3N2O3/c1-13(2,3)23-11(21)7-22-9-5-6-10(19-12(9)15)20(4)8-14(16,17)18/h5-6H,7-8H2,1-4H3. The molecule has 0 radical (unpaired) electrons. The van der Waals surface area contributed by atoms with Crippen LogP contribution in [0.25, 0.3) is 0 Å². The van der Waals surface area contributed by atoms with Gasteiger partial charge in [-0.15, -0.1) is 0 Å². The molecule has 0 spiro atoms. The van der Waals surface area contributed by atoms with E-state index in [2.05, 4.69) is 4.98 Å². The first-order valence-electron chi connectivity index (χ1n) is 6.66. The molecule has 0 aliphatic carbocycles. The van der Waals surface area contributed by atoms with Crippen LogP contribution < -0.4 is 9.64 Å². The van der Waals surface area contributed by atoms with Gasteiger partial charge in [-0.25, -0.2) is 9.78 Å². The van der Waals surface area contributed by atoms with Crippen molar-refractivity contribution in [2.24, 2.45) is 0 Å². The van der Waals surface area contributed by atoms with Crippen molar-refractivity contribution in [3.05, 3.63) is 17.3 Å². The van der Waals surface area contributed by atoms with Crippen molar-refractivity contribution < 1.29 is 27.4 Å². The molecule has 1 aromatic rings. The van der Waals surface area contributed by atoms with Gasteiger partial charge in [0.15, 0.2) is 17.5 Å². The Hall–Kier alpha value is -1.70. The molecule has 0 N–H and O–H groups in total. The molecule has 0 aliphatic heterocycles. The fraction of sp³-hybridized carbons (Fsp3) is 0.571. The van der Waals surface area contributed by atoms with E-state index in [0.29, 0.717) is 0 Å². The number of nitrogens with zero attached hydrogens (tertiary/aromatic N) is 2. The number of anilines is 1. The summed E-state index contributed by atoms with van der Waals surface area (Å²) in [6.07, 6.45) is -4.35. The summed E-state index contributed by atoms with van der Waals surface area (Å²) in [5.41, 5.74) is -0.646. The van der Waals surface area contributed by atoms with Crippen LogP contribution in [0.2, 0.25) is 5.15 Å². The second kappa shape index (κ2) is 7.25. The van der Waals surface area contributed by atoms with Crippen LogP contribution in [0, 0.1) is 0 Å². The number of hydrogen-bond donors (Lipinski definition) is 0. The van der Waals surface area contributed by atoms with Crippen molar-refractivity contribution in [3.63, 3.8) is 0 Å². The van der Waals surface area contributed by atoms with Gasteiger partial charge in [0.2, 0.25) is 0 Å². The Bertz CT molecular complexity index is 559. The predicted molar refractivity (Wildman–Crippen MR) is 79.9 cm³/mol. The van der Waals surface area contributed by atoms with Crippen LogP contribution in [0.15, 0.2) is 12.1 Å². The summed E-state index contributed by atoms with van der Waals surface area (Å²) in [5.74, 6) is -0.467. The molecule has 5 nitrogen and oxygen atoms in total. The third-order valence-corrected chi connectivity index (χ3v) is 2.64. The maximum absolute atomic E-state index is 12.3. The van der Waals surface area contributed by atoms with E-state index < -0.39 is 24.3 Å². The molecule has 0 saturated carbocycles. The minimum Gasteiger partial charge on any atom is -0.479 e. The highest BCUT2D eigenvalue weighted by Crippen LogP contribution is 2.27. The first-order valence-corrected chi connectivity index (χ1v) is 7.04. The first-order chi connectivity index (χ1) is 10.4. The largest absolute Gasteiger partial charge is 0.479 e. The van der Waals surface area contributed by atoms with E-state index >= 15 is 0 Å². The molecular formula is C14H18ClF3N2O3. The van der Waals surface area contributed by atoms with Crippen molar-refractivity contribution in [2.45, 2.75) is 32.5 Å². The fourth-order valence-electron chi connectivity index (χ4n) is 1.59. The van der Waals surface area contributed by atoms with Crippen LogP contribution in [0.1, 0.15) is 20.8 Å². The highest BCUT2D eigenvalue weighted by Gasteiger charge is 2.30. The van der Waals surface area contributed by atoms with E-state index in [9.17, 15) is 18.0 Å². The molecule has 0 amide bonds. The lowest BCUT2D eigenvalue weighted by Gasteiger charge is -2.21. The van der Waals surface area contributed by atoms with Crippen LogP contribution in [-0.4, -0.2) is 42.9 Å². The summed E-state index contributed by atoms with van der Waals surface area (Å²) in [5, 5.41) is -0.139. The van der Waals surface area contributed by atoms with Crippen molar-refractivity contribution in [1.82, 2.24) is 4.98 Å². The molecule has 130 valence electrons. The molecule has 1 aromatic heterocycles. The molecule has 0 bridgehead atoms. The monoisotopic (exact) mass is 354 g/mol. The second-order valence-corrected chi connectivity index (χ2v) is 6.16. The van der Waals surface area contributed by atoms with Crippen molar-refractivity contribution in [3.8, 4) is 5.75 Å². The number of hydrogen-bond acceptors (Lipinski definition) is 5. The lowest BCUT2D eigenvalue weighted by molar-refractivity contribution is -0.157. The van der Waals surface area contributed by atoms with Gasteiger partial charge in [-0.2, -0.15) is 13.2 Å². The minimum absolute atomic E-state index is 0.0388. The molecule has 0 aromatic carbocycles. The predicted octanol–water partition coefficient (Wildman–Crippen LogP) is 3.45. The van der Waals surface area contributed by atoms with E-state index in [0.717, 1.165) is 4.90 Å². The Morgan fingerprint density at radius 3 is 2.39 bits per heavy atom. The van der Waals surface area contributed by atoms with Gasteiger partial charge >= 0.3 is 12.1 Å². The summed E-state index contributed by atoms with van der Waals surface area (Å²) in [7, 11) is 1.24. The van der Waals surface area contributed by atoms with E-state index in [4.69, 9.17) is 21.1 Å². The molecule has 0 aliphatic rings. The first kappa shape index (κ1) is 19.3. The van der Waals surface area contributed by atoms with E-state index in [-0.39, 0.29) is 23.3 Å². The summed E-state index contributed by atoms with van der Waals surface area (Å²) in [6, 6.07) is 2.67. The van der Waals surface area contributed by atoms with Crippen LogP contribution in [0.3, 0.4) is 0 Å². The Morgan fingerprint density at radius 1 is 1.30 bits per heavy atom. The normalized spacial score (nSPS) is 12.0. The quantitative estimate of drug-likeness (QED) is 0.598. The Kier molecular flexibility index (Phi) is 6.10. The Morgan fingerprint density at radius 2 is 1.91 bits per heavy atom. The summed E-state index contributed by atoms with van der Waals surface area (Å²) in [6.45, 7) is 3.60. The molecular weight excluding hydrogens is 337 g/mol. The van der Waals surface area contributed by atoms with Crippen LogP contribution >= 0.6 is 11.6 Å². The minimum atomic E-state index is -4.35. The van der Waals surface area contributed by atoms with Crippen molar-refractivity contribution in [2.75, 3.05) is 25.1 Å². The van der Waals surface area contributed by atoms with Gasteiger partial charge in [-0.05, 0) is 32.9 Å². The summed E-state index contributed by atoms with van der Waals surface area (Å²) < 4.78 is 47.2. The summed E-state index contributed by atoms with van der Waals surface area (Å²) in [4.78, 5) is 16.3. The molecule has 1 rings (SSSR count). The number of aromatic nitrogens is 1. The number of alkyl halides is 3. The van der Waals surface area contributed by atoms with Crippen LogP contribution in [0.5, 0.6) is 5.75 Å². The van der Waals surface area contributed by atoms with Gasteiger partial charge in [-0.3, -0.25) is 0 Å². The number of rotatable bonds is 5. The van der Waals surface area contributed by atoms with Crippen molar-refractivity contribution >= 4 is 23.4 Å². The van der Waals surface area contributed by atoms with Crippen molar-refractivity contribution in [1.29, 1.82) is 0 Å². The molecule has 0 saturated heterocycles. The summed E-state index contributed by atoms with van der Waals surface area (Å²) >= 11 is 5.87. The average molecular weight is 355 g/mol. The highest BCUT2D eigenvalue weighted by atomic mass is 35.5. The SMILES string of the molecule is CN(CC(F)(F)F)c1ccc(OCC(=O)OC(C)(C)C)c(Cl)n1. The topological polar surface area (TPSA) is 51.7 Å². The Labute approximate surface area is 137 Å². The van der Waals surface area contributed by atoms with E-state index in [1.807, 2.05) is 0 Å². The maximum Gasteiger partial charge on any atom is 0.405 e. The molecule has 0 fully saturated rings. The third kappa shape index (κ3) is 7.40. The lowest BCUT2D eigenvalue weighted by Crippen LogP contribution is -2.31. The van der Waals surface area contributed by atoms with Gasteiger partial charge in [-0.1, -0.05) is 11.6 Å². The number of halogens is 4. The number of esters is 1.